The molecule has 4 N–H and O–H groups in total. The molecule has 0 radical (unpaired) electrons. The van der Waals surface area contributed by atoms with Gasteiger partial charge in [0.25, 0.3) is 0 Å². The standard InChI is InChI=1S/C31H43N5O6S/c1-17(2)14-24(35-29(40)25(18(3)4)36-31(41)42-16-21-10-8-7-9-11-21)28(39)34-23(15-22-12-13-32-27(22)38)26(37)30-33-19(5)20(6)43-30/h7-11,17-18,22-25H,12-16H2,1-6H3,(H,32,38)(H,34,39)(H,35,40)(H,36,41)/t22-,23-,24-,25-/m0/s1. The number of nitrogens with zero attached hydrogens (tertiary/aromatic N) is 1. The van der Waals surface area contributed by atoms with E-state index < -0.39 is 42.0 Å². The molecule has 1 aromatic heterocycles. The number of nitrogens with one attached hydrogen (secondary N) is 4. The molecule has 234 valence electrons. The first-order chi connectivity index (χ1) is 20.3. The maximum Gasteiger partial charge on any atom is 0.408 e. The fourth-order valence-electron chi connectivity index (χ4n) is 4.78. The molecule has 0 saturated carbocycles. The van der Waals surface area contributed by atoms with Gasteiger partial charge in [-0.2, -0.15) is 0 Å². The van der Waals surface area contributed by atoms with Crippen LogP contribution in [0, 0.1) is 31.6 Å². The number of hydrogen-bond acceptors (Lipinski definition) is 8. The highest BCUT2D eigenvalue weighted by molar-refractivity contribution is 7.13. The number of alkyl carbamates (subject to hydrolysis) is 1. The smallest absolute Gasteiger partial charge is 0.408 e. The third kappa shape index (κ3) is 9.87. The van der Waals surface area contributed by atoms with Crippen molar-refractivity contribution in [3.05, 3.63) is 51.5 Å². The van der Waals surface area contributed by atoms with Crippen LogP contribution in [0.5, 0.6) is 0 Å². The van der Waals surface area contributed by atoms with Gasteiger partial charge in [-0.15, -0.1) is 11.3 Å². The van der Waals surface area contributed by atoms with Crippen LogP contribution in [0.15, 0.2) is 30.3 Å². The summed E-state index contributed by atoms with van der Waals surface area (Å²) >= 11 is 1.25. The lowest BCUT2D eigenvalue weighted by Crippen LogP contribution is -2.57. The predicted octanol–water partition coefficient (Wildman–Crippen LogP) is 3.44. The number of carbonyl (C=O) groups is 5. The summed E-state index contributed by atoms with van der Waals surface area (Å²) in [5, 5.41) is 11.3. The molecule has 0 aliphatic carbocycles. The van der Waals surface area contributed by atoms with Gasteiger partial charge in [-0.25, -0.2) is 9.78 Å². The molecule has 2 aromatic rings. The molecule has 1 aliphatic heterocycles. The molecule has 11 nitrogen and oxygen atoms in total. The number of benzene rings is 1. The Kier molecular flexibility index (Phi) is 12.2. The van der Waals surface area contributed by atoms with Crippen LogP contribution in [0.3, 0.4) is 0 Å². The number of aromatic nitrogens is 1. The van der Waals surface area contributed by atoms with Crippen LogP contribution in [0.2, 0.25) is 0 Å². The number of ketones is 1. The van der Waals surface area contributed by atoms with Crippen molar-refractivity contribution in [1.82, 2.24) is 26.3 Å². The van der Waals surface area contributed by atoms with Crippen molar-refractivity contribution < 1.29 is 28.7 Å². The summed E-state index contributed by atoms with van der Waals surface area (Å²) in [6.45, 7) is 11.6. The molecule has 1 fully saturated rings. The zero-order chi connectivity index (χ0) is 31.7. The SMILES string of the molecule is Cc1nc(C(=O)[C@H](C[C@@H]2CCNC2=O)NC(=O)[C@H](CC(C)C)NC(=O)[C@@H](NC(=O)OCc2ccccc2)C(C)C)sc1C. The van der Waals surface area contributed by atoms with Crippen molar-refractivity contribution >= 4 is 40.9 Å². The lowest BCUT2D eigenvalue weighted by atomic mass is 9.94. The molecule has 3 rings (SSSR count). The highest BCUT2D eigenvalue weighted by atomic mass is 32.1. The van der Waals surface area contributed by atoms with Gasteiger partial charge in [-0.05, 0) is 50.5 Å². The molecule has 2 heterocycles. The monoisotopic (exact) mass is 613 g/mol. The van der Waals surface area contributed by atoms with E-state index in [2.05, 4.69) is 26.3 Å². The summed E-state index contributed by atoms with van der Waals surface area (Å²) in [5.41, 5.74) is 1.54. The Balaban J connectivity index is 1.73. The normalized spacial score (nSPS) is 16.7. The number of carbonyl (C=O) groups excluding carboxylic acids is 5. The zero-order valence-corrected chi connectivity index (χ0v) is 26.5. The second-order valence-electron chi connectivity index (χ2n) is 11.7. The lowest BCUT2D eigenvalue weighted by Gasteiger charge is -2.27. The van der Waals surface area contributed by atoms with Crippen molar-refractivity contribution in [3.63, 3.8) is 0 Å². The van der Waals surface area contributed by atoms with Gasteiger partial charge in [0.1, 0.15) is 18.7 Å². The Morgan fingerprint density at radius 1 is 1.00 bits per heavy atom. The molecule has 4 amide bonds. The molecule has 43 heavy (non-hydrogen) atoms. The van der Waals surface area contributed by atoms with Gasteiger partial charge >= 0.3 is 6.09 Å². The number of hydrogen-bond donors (Lipinski definition) is 4. The van der Waals surface area contributed by atoms with Crippen LogP contribution in [0.25, 0.3) is 0 Å². The van der Waals surface area contributed by atoms with Crippen molar-refractivity contribution in [2.75, 3.05) is 6.54 Å². The van der Waals surface area contributed by atoms with E-state index in [0.717, 1.165) is 16.1 Å². The molecular formula is C31H43N5O6S. The second kappa shape index (κ2) is 15.6. The maximum atomic E-state index is 13.7. The van der Waals surface area contributed by atoms with E-state index in [-0.39, 0.29) is 41.6 Å². The summed E-state index contributed by atoms with van der Waals surface area (Å²) in [6, 6.07) is 6.23. The Morgan fingerprint density at radius 2 is 1.67 bits per heavy atom. The third-order valence-corrected chi connectivity index (χ3v) is 8.42. The van der Waals surface area contributed by atoms with Crippen molar-refractivity contribution in [3.8, 4) is 0 Å². The summed E-state index contributed by atoms with van der Waals surface area (Å²) in [6.07, 6.45) is 0.223. The molecule has 12 heteroatoms. The molecule has 1 aliphatic rings. The van der Waals surface area contributed by atoms with Gasteiger partial charge in [0.15, 0.2) is 5.01 Å². The van der Waals surface area contributed by atoms with Gasteiger partial charge < -0.3 is 26.0 Å². The van der Waals surface area contributed by atoms with E-state index >= 15 is 0 Å². The van der Waals surface area contributed by atoms with Gasteiger partial charge in [0.05, 0.1) is 11.7 Å². The second-order valence-corrected chi connectivity index (χ2v) is 12.9. The van der Waals surface area contributed by atoms with Crippen LogP contribution in [-0.2, 0) is 25.7 Å². The van der Waals surface area contributed by atoms with Crippen molar-refractivity contribution in [1.29, 1.82) is 0 Å². The topological polar surface area (TPSA) is 156 Å². The van der Waals surface area contributed by atoms with Crippen LogP contribution in [-0.4, -0.2) is 59.3 Å². The minimum Gasteiger partial charge on any atom is -0.445 e. The number of aryl methyl sites for hydroxylation is 2. The van der Waals surface area contributed by atoms with Crippen LogP contribution < -0.4 is 21.3 Å². The Bertz CT molecular complexity index is 1280. The highest BCUT2D eigenvalue weighted by Gasteiger charge is 2.36. The molecule has 4 atom stereocenters. The Labute approximate surface area is 256 Å². The predicted molar refractivity (Wildman–Crippen MR) is 163 cm³/mol. The number of thiazole rings is 1. The Hall–Kier alpha value is -3.80. The van der Waals surface area contributed by atoms with Crippen LogP contribution in [0.1, 0.15) is 72.9 Å². The first kappa shape index (κ1) is 33.7. The zero-order valence-electron chi connectivity index (χ0n) is 25.7. The number of amides is 4. The third-order valence-electron chi connectivity index (χ3n) is 7.33. The van der Waals surface area contributed by atoms with Gasteiger partial charge in [0.2, 0.25) is 23.5 Å². The average Bonchev–Trinajstić information content (AvgIpc) is 3.52. The van der Waals surface area contributed by atoms with E-state index in [0.29, 0.717) is 19.4 Å². The van der Waals surface area contributed by atoms with E-state index in [1.165, 1.54) is 11.3 Å². The van der Waals surface area contributed by atoms with Gasteiger partial charge in [-0.1, -0.05) is 58.0 Å². The van der Waals surface area contributed by atoms with Crippen LogP contribution in [0.4, 0.5) is 4.79 Å². The molecule has 1 aromatic carbocycles. The van der Waals surface area contributed by atoms with Gasteiger partial charge in [0, 0.05) is 17.3 Å². The summed E-state index contributed by atoms with van der Waals surface area (Å²) in [5.74, 6) is -2.32. The number of ether oxygens (including phenoxy) is 1. The van der Waals surface area contributed by atoms with Gasteiger partial charge in [-0.3, -0.25) is 19.2 Å². The first-order valence-electron chi connectivity index (χ1n) is 14.7. The van der Waals surface area contributed by atoms with E-state index in [9.17, 15) is 24.0 Å². The van der Waals surface area contributed by atoms with E-state index in [4.69, 9.17) is 4.74 Å². The summed E-state index contributed by atoms with van der Waals surface area (Å²) in [4.78, 5) is 70.7. The molecule has 0 spiro atoms. The van der Waals surface area contributed by atoms with E-state index in [1.54, 1.807) is 13.8 Å². The fourth-order valence-corrected chi connectivity index (χ4v) is 5.69. The average molecular weight is 614 g/mol. The first-order valence-corrected chi connectivity index (χ1v) is 15.5. The molecule has 0 bridgehead atoms. The molecule has 0 unspecified atom stereocenters. The number of rotatable bonds is 14. The van der Waals surface area contributed by atoms with E-state index in [1.807, 2.05) is 58.0 Å². The molecular weight excluding hydrogens is 570 g/mol. The van der Waals surface area contributed by atoms with Crippen LogP contribution >= 0.6 is 11.3 Å². The quantitative estimate of drug-likeness (QED) is 0.238. The maximum absolute atomic E-state index is 13.7. The van der Waals surface area contributed by atoms with Crippen molar-refractivity contribution in [2.45, 2.75) is 85.5 Å². The Morgan fingerprint density at radius 3 is 2.23 bits per heavy atom. The highest BCUT2D eigenvalue weighted by Crippen LogP contribution is 2.23. The summed E-state index contributed by atoms with van der Waals surface area (Å²) < 4.78 is 5.29. The van der Waals surface area contributed by atoms with Crippen molar-refractivity contribution in [2.24, 2.45) is 17.8 Å². The largest absolute Gasteiger partial charge is 0.445 e. The summed E-state index contributed by atoms with van der Waals surface area (Å²) in [7, 11) is 0. The minimum absolute atomic E-state index is 0.0244. The lowest BCUT2D eigenvalue weighted by molar-refractivity contribution is -0.131. The number of Topliss-reactive ketones (excluding diaryl/α,β-unsaturated/α-hetero) is 1. The molecule has 1 saturated heterocycles. The fraction of sp³-hybridized carbons (Fsp3) is 0.548. The minimum atomic E-state index is -0.996.